The number of rotatable bonds is 6. The molecule has 2 atom stereocenters. The monoisotopic (exact) mass is 272 g/mol. The summed E-state index contributed by atoms with van der Waals surface area (Å²) in [5.41, 5.74) is 0. The summed E-state index contributed by atoms with van der Waals surface area (Å²) in [4.78, 5) is 0. The lowest BCUT2D eigenvalue weighted by Crippen LogP contribution is -2.34. The molecule has 6 nitrogen and oxygen atoms in total. The smallest absolute Gasteiger partial charge is 0.264 e. The molecule has 1 fully saturated rings. The summed E-state index contributed by atoms with van der Waals surface area (Å²) in [5.74, 6) is 0.132. The van der Waals surface area contributed by atoms with Crippen molar-refractivity contribution in [2.45, 2.75) is 12.8 Å². The maximum Gasteiger partial charge on any atom is 0.264 e. The first kappa shape index (κ1) is 13.9. The summed E-state index contributed by atoms with van der Waals surface area (Å²) in [6.45, 7) is 0.216. The van der Waals surface area contributed by atoms with Crippen molar-refractivity contribution >= 4 is 20.2 Å². The quantitative estimate of drug-likeness (QED) is 0.631. The lowest BCUT2D eigenvalue weighted by molar-refractivity contribution is 0.0677. The Kier molecular flexibility index (Phi) is 4.33. The van der Waals surface area contributed by atoms with Gasteiger partial charge < -0.3 is 0 Å². The minimum absolute atomic E-state index is 0.0662. The molecule has 0 aromatic heterocycles. The van der Waals surface area contributed by atoms with Gasteiger partial charge in [-0.05, 0) is 24.7 Å². The van der Waals surface area contributed by atoms with E-state index in [1.807, 2.05) is 0 Å². The first-order valence-corrected chi connectivity index (χ1v) is 8.49. The molecule has 0 unspecified atom stereocenters. The molecule has 16 heavy (non-hydrogen) atoms. The van der Waals surface area contributed by atoms with Crippen LogP contribution in [0.4, 0.5) is 0 Å². The van der Waals surface area contributed by atoms with E-state index in [1.165, 1.54) is 0 Å². The van der Waals surface area contributed by atoms with Crippen LogP contribution in [0.5, 0.6) is 0 Å². The van der Waals surface area contributed by atoms with Crippen molar-refractivity contribution in [3.63, 3.8) is 0 Å². The van der Waals surface area contributed by atoms with Crippen LogP contribution in [-0.4, -0.2) is 42.6 Å². The summed E-state index contributed by atoms with van der Waals surface area (Å²) in [7, 11) is -6.84. The van der Waals surface area contributed by atoms with E-state index in [9.17, 15) is 16.8 Å². The van der Waals surface area contributed by atoms with Crippen LogP contribution in [0.1, 0.15) is 12.8 Å². The molecule has 0 amide bonds. The molecule has 8 heteroatoms. The Hall–Kier alpha value is -0.180. The molecule has 0 spiro atoms. The molecule has 0 aromatic rings. The van der Waals surface area contributed by atoms with Gasteiger partial charge in [-0.25, -0.2) is 0 Å². The van der Waals surface area contributed by atoms with Crippen molar-refractivity contribution in [2.75, 3.05) is 25.7 Å². The Bertz CT molecular complexity index is 381. The average Bonchev–Trinajstić information content (AvgIpc) is 1.97. The minimum atomic E-state index is -3.42. The van der Waals surface area contributed by atoms with E-state index in [4.69, 9.17) is 0 Å². The zero-order valence-electron chi connectivity index (χ0n) is 9.25. The summed E-state index contributed by atoms with van der Waals surface area (Å²) in [6.07, 6.45) is 3.67. The van der Waals surface area contributed by atoms with Gasteiger partial charge >= 0.3 is 0 Å². The molecule has 1 aliphatic rings. The zero-order chi connectivity index (χ0) is 12.4. The Labute approximate surface area is 96.2 Å². The Morgan fingerprint density at radius 3 is 1.38 bits per heavy atom. The topological polar surface area (TPSA) is 86.7 Å². The predicted octanol–water partition coefficient (Wildman–Crippen LogP) is -0.0350. The van der Waals surface area contributed by atoms with Crippen molar-refractivity contribution in [3.8, 4) is 0 Å². The Morgan fingerprint density at radius 2 is 1.19 bits per heavy atom. The van der Waals surface area contributed by atoms with Gasteiger partial charge in [-0.3, -0.25) is 8.37 Å². The molecule has 1 saturated carbocycles. The molecule has 0 radical (unpaired) electrons. The van der Waals surface area contributed by atoms with Crippen molar-refractivity contribution in [3.05, 3.63) is 0 Å². The van der Waals surface area contributed by atoms with Crippen LogP contribution >= 0.6 is 0 Å². The van der Waals surface area contributed by atoms with Crippen LogP contribution in [0.3, 0.4) is 0 Å². The molecule has 0 aromatic carbocycles. The molecule has 0 aliphatic heterocycles. The van der Waals surface area contributed by atoms with Crippen molar-refractivity contribution in [1.82, 2.24) is 0 Å². The van der Waals surface area contributed by atoms with E-state index in [-0.39, 0.29) is 25.0 Å². The third-order valence-corrected chi connectivity index (χ3v) is 3.70. The van der Waals surface area contributed by atoms with E-state index in [0.717, 1.165) is 25.4 Å². The van der Waals surface area contributed by atoms with E-state index < -0.39 is 20.2 Å². The maximum absolute atomic E-state index is 10.8. The highest BCUT2D eigenvalue weighted by Gasteiger charge is 2.32. The predicted molar refractivity (Wildman–Crippen MR) is 57.8 cm³/mol. The van der Waals surface area contributed by atoms with E-state index >= 15 is 0 Å². The lowest BCUT2D eigenvalue weighted by atomic mass is 9.75. The fraction of sp³-hybridized carbons (Fsp3) is 1.00. The van der Waals surface area contributed by atoms with E-state index in [0.29, 0.717) is 0 Å². The molecule has 0 bridgehead atoms. The highest BCUT2D eigenvalue weighted by molar-refractivity contribution is 7.86. The number of hydrogen-bond acceptors (Lipinski definition) is 6. The molecule has 1 rings (SSSR count). The van der Waals surface area contributed by atoms with Gasteiger partial charge in [0, 0.05) is 0 Å². The molecule has 0 heterocycles. The van der Waals surface area contributed by atoms with Gasteiger partial charge in [0.25, 0.3) is 20.2 Å². The fourth-order valence-corrected chi connectivity index (χ4v) is 2.34. The van der Waals surface area contributed by atoms with Crippen LogP contribution in [0.25, 0.3) is 0 Å². The standard InChI is InChI=1S/C8H16O6S2/c1-15(9,10)13-5-7-3-4-8(7)6-14-16(2,11)12/h7-8H,3-6H2,1-2H3/t7-,8-/m0/s1. The van der Waals surface area contributed by atoms with E-state index in [2.05, 4.69) is 8.37 Å². The summed E-state index contributed by atoms with van der Waals surface area (Å²) < 4.78 is 52.3. The van der Waals surface area contributed by atoms with Crippen molar-refractivity contribution in [2.24, 2.45) is 11.8 Å². The van der Waals surface area contributed by atoms with Gasteiger partial charge in [0.2, 0.25) is 0 Å². The highest BCUT2D eigenvalue weighted by Crippen LogP contribution is 2.35. The molecule has 0 N–H and O–H groups in total. The molecular formula is C8H16O6S2. The summed E-state index contributed by atoms with van der Waals surface area (Å²) in [5, 5.41) is 0. The van der Waals surface area contributed by atoms with Crippen LogP contribution < -0.4 is 0 Å². The molecular weight excluding hydrogens is 256 g/mol. The highest BCUT2D eigenvalue weighted by atomic mass is 32.2. The summed E-state index contributed by atoms with van der Waals surface area (Å²) in [6, 6.07) is 0. The third kappa shape index (κ3) is 5.24. The molecule has 0 saturated heterocycles. The third-order valence-electron chi connectivity index (χ3n) is 2.57. The second kappa shape index (κ2) is 4.99. The minimum Gasteiger partial charge on any atom is -0.270 e. The zero-order valence-corrected chi connectivity index (χ0v) is 10.9. The molecule has 1 aliphatic carbocycles. The first-order chi connectivity index (χ1) is 7.17. The van der Waals surface area contributed by atoms with Crippen molar-refractivity contribution < 1.29 is 25.2 Å². The Morgan fingerprint density at radius 1 is 0.875 bits per heavy atom. The van der Waals surface area contributed by atoms with Crippen LogP contribution in [0, 0.1) is 11.8 Å². The van der Waals surface area contributed by atoms with Gasteiger partial charge in [0.05, 0.1) is 25.7 Å². The Balaban J connectivity index is 2.31. The van der Waals surface area contributed by atoms with Gasteiger partial charge in [-0.2, -0.15) is 16.8 Å². The van der Waals surface area contributed by atoms with Gasteiger partial charge in [-0.1, -0.05) is 0 Å². The molecule has 96 valence electrons. The van der Waals surface area contributed by atoms with Gasteiger partial charge in [0.15, 0.2) is 0 Å². The average molecular weight is 272 g/mol. The SMILES string of the molecule is CS(=O)(=O)OC[C@@H]1CC[C@H]1COS(C)(=O)=O. The van der Waals surface area contributed by atoms with Crippen molar-refractivity contribution in [1.29, 1.82) is 0 Å². The number of hydrogen-bond donors (Lipinski definition) is 0. The van der Waals surface area contributed by atoms with Crippen LogP contribution in [0.2, 0.25) is 0 Å². The van der Waals surface area contributed by atoms with Gasteiger partial charge in [0.1, 0.15) is 0 Å². The van der Waals surface area contributed by atoms with Gasteiger partial charge in [-0.15, -0.1) is 0 Å². The first-order valence-electron chi connectivity index (χ1n) is 4.86. The largest absolute Gasteiger partial charge is 0.270 e. The second-order valence-corrected chi connectivity index (χ2v) is 7.36. The van der Waals surface area contributed by atoms with Crippen LogP contribution in [0.15, 0.2) is 0 Å². The second-order valence-electron chi connectivity index (χ2n) is 4.07. The summed E-state index contributed by atoms with van der Waals surface area (Å²) >= 11 is 0. The normalized spacial score (nSPS) is 26.4. The fourth-order valence-electron chi connectivity index (χ4n) is 1.50. The van der Waals surface area contributed by atoms with Crippen LogP contribution in [-0.2, 0) is 28.6 Å². The van der Waals surface area contributed by atoms with E-state index in [1.54, 1.807) is 0 Å². The maximum atomic E-state index is 10.8. The lowest BCUT2D eigenvalue weighted by Gasteiger charge is -2.35.